The Morgan fingerprint density at radius 3 is 2.81 bits per heavy atom. The first-order valence-electron chi connectivity index (χ1n) is 7.49. The maximum absolute atomic E-state index is 12.1. The fourth-order valence-electron chi connectivity index (χ4n) is 2.28. The van der Waals surface area contributed by atoms with Crippen molar-refractivity contribution >= 4 is 11.7 Å². The van der Waals surface area contributed by atoms with E-state index in [9.17, 15) is 4.79 Å². The second-order valence-electron chi connectivity index (χ2n) is 5.71. The quantitative estimate of drug-likeness (QED) is 0.816. The SMILES string of the molecule is CC(N)CCNC(=O)c1ccnc(N2CCN(C)CC2)c1. The molecular formula is C15H25N5O. The Morgan fingerprint density at radius 2 is 2.14 bits per heavy atom. The minimum Gasteiger partial charge on any atom is -0.354 e. The maximum Gasteiger partial charge on any atom is 0.251 e. The van der Waals surface area contributed by atoms with Gasteiger partial charge in [-0.1, -0.05) is 0 Å². The summed E-state index contributed by atoms with van der Waals surface area (Å²) in [6.45, 7) is 6.46. The normalized spacial score (nSPS) is 17.6. The second kappa shape index (κ2) is 7.38. The highest BCUT2D eigenvalue weighted by Gasteiger charge is 2.16. The van der Waals surface area contributed by atoms with Crippen LogP contribution in [0.15, 0.2) is 18.3 Å². The van der Waals surface area contributed by atoms with Gasteiger partial charge in [0.05, 0.1) is 0 Å². The van der Waals surface area contributed by atoms with E-state index >= 15 is 0 Å². The Morgan fingerprint density at radius 1 is 1.43 bits per heavy atom. The number of carbonyl (C=O) groups is 1. The van der Waals surface area contributed by atoms with Crippen molar-refractivity contribution in [1.82, 2.24) is 15.2 Å². The molecule has 1 aliphatic heterocycles. The number of nitrogens with zero attached hydrogens (tertiary/aromatic N) is 3. The van der Waals surface area contributed by atoms with Crippen LogP contribution in [0.3, 0.4) is 0 Å². The Balaban J connectivity index is 1.95. The first kappa shape index (κ1) is 15.7. The third-order valence-corrected chi connectivity index (χ3v) is 3.72. The van der Waals surface area contributed by atoms with E-state index in [4.69, 9.17) is 5.73 Å². The minimum atomic E-state index is -0.0616. The summed E-state index contributed by atoms with van der Waals surface area (Å²) in [5.41, 5.74) is 6.33. The van der Waals surface area contributed by atoms with Crippen LogP contribution < -0.4 is 16.0 Å². The molecule has 0 radical (unpaired) electrons. The highest BCUT2D eigenvalue weighted by atomic mass is 16.1. The monoisotopic (exact) mass is 291 g/mol. The number of hydrogen-bond acceptors (Lipinski definition) is 5. The van der Waals surface area contributed by atoms with Crippen LogP contribution in [-0.4, -0.2) is 61.6 Å². The van der Waals surface area contributed by atoms with Gasteiger partial charge in [0.2, 0.25) is 0 Å². The van der Waals surface area contributed by atoms with Gasteiger partial charge in [0.15, 0.2) is 0 Å². The molecule has 1 amide bonds. The second-order valence-corrected chi connectivity index (χ2v) is 5.71. The predicted molar refractivity (Wildman–Crippen MR) is 84.5 cm³/mol. The van der Waals surface area contributed by atoms with Gasteiger partial charge < -0.3 is 20.9 Å². The zero-order valence-electron chi connectivity index (χ0n) is 12.9. The van der Waals surface area contributed by atoms with Crippen LogP contribution in [0.4, 0.5) is 5.82 Å². The molecule has 0 bridgehead atoms. The van der Waals surface area contributed by atoms with Crippen molar-refractivity contribution in [2.24, 2.45) is 5.73 Å². The molecule has 0 aliphatic carbocycles. The third-order valence-electron chi connectivity index (χ3n) is 3.72. The summed E-state index contributed by atoms with van der Waals surface area (Å²) in [6, 6.07) is 3.72. The van der Waals surface area contributed by atoms with E-state index < -0.39 is 0 Å². The molecule has 2 rings (SSSR count). The van der Waals surface area contributed by atoms with Gasteiger partial charge in [-0.25, -0.2) is 4.98 Å². The molecular weight excluding hydrogens is 266 g/mol. The highest BCUT2D eigenvalue weighted by Crippen LogP contribution is 2.14. The van der Waals surface area contributed by atoms with Crippen LogP contribution in [0.2, 0.25) is 0 Å². The number of amides is 1. The number of nitrogens with one attached hydrogen (secondary N) is 1. The van der Waals surface area contributed by atoms with Gasteiger partial charge in [0.25, 0.3) is 5.91 Å². The van der Waals surface area contributed by atoms with Gasteiger partial charge in [-0.15, -0.1) is 0 Å². The van der Waals surface area contributed by atoms with Crippen LogP contribution in [0, 0.1) is 0 Å². The zero-order chi connectivity index (χ0) is 15.2. The van der Waals surface area contributed by atoms with E-state index in [0.29, 0.717) is 12.1 Å². The maximum atomic E-state index is 12.1. The predicted octanol–water partition coefficient (Wildman–Crippen LogP) is 0.301. The van der Waals surface area contributed by atoms with Crippen molar-refractivity contribution in [3.63, 3.8) is 0 Å². The Bertz CT molecular complexity index is 469. The third kappa shape index (κ3) is 4.68. The molecule has 1 aliphatic rings. The molecule has 116 valence electrons. The fourth-order valence-corrected chi connectivity index (χ4v) is 2.28. The molecule has 3 N–H and O–H groups in total. The molecule has 0 saturated carbocycles. The average molecular weight is 291 g/mol. The van der Waals surface area contributed by atoms with E-state index in [2.05, 4.69) is 27.1 Å². The molecule has 0 spiro atoms. The van der Waals surface area contributed by atoms with Crippen molar-refractivity contribution in [2.45, 2.75) is 19.4 Å². The molecule has 6 heteroatoms. The number of aromatic nitrogens is 1. The number of rotatable bonds is 5. The van der Waals surface area contributed by atoms with E-state index in [-0.39, 0.29) is 11.9 Å². The molecule has 1 saturated heterocycles. The van der Waals surface area contributed by atoms with Crippen LogP contribution in [0.25, 0.3) is 0 Å². The first-order chi connectivity index (χ1) is 10.1. The zero-order valence-corrected chi connectivity index (χ0v) is 12.9. The van der Waals surface area contributed by atoms with E-state index in [1.807, 2.05) is 13.0 Å². The summed E-state index contributed by atoms with van der Waals surface area (Å²) in [6.07, 6.45) is 2.48. The molecule has 1 atom stereocenters. The molecule has 1 fully saturated rings. The molecule has 21 heavy (non-hydrogen) atoms. The summed E-state index contributed by atoms with van der Waals surface area (Å²) < 4.78 is 0. The van der Waals surface area contributed by atoms with Crippen molar-refractivity contribution < 1.29 is 4.79 Å². The van der Waals surface area contributed by atoms with E-state index in [1.54, 1.807) is 12.3 Å². The molecule has 1 aromatic rings. The van der Waals surface area contributed by atoms with Gasteiger partial charge in [0.1, 0.15) is 5.82 Å². The van der Waals surface area contributed by atoms with Crippen LogP contribution in [0.1, 0.15) is 23.7 Å². The summed E-state index contributed by atoms with van der Waals surface area (Å²) in [5, 5.41) is 2.89. The summed E-state index contributed by atoms with van der Waals surface area (Å²) in [4.78, 5) is 21.0. The summed E-state index contributed by atoms with van der Waals surface area (Å²) in [7, 11) is 2.12. The topological polar surface area (TPSA) is 74.5 Å². The Kier molecular flexibility index (Phi) is 5.52. The fraction of sp³-hybridized carbons (Fsp3) is 0.600. The molecule has 2 heterocycles. The largest absolute Gasteiger partial charge is 0.354 e. The molecule has 0 aromatic carbocycles. The number of likely N-dealkylation sites (N-methyl/N-ethyl adjacent to an activating group) is 1. The first-order valence-corrected chi connectivity index (χ1v) is 7.49. The van der Waals surface area contributed by atoms with Gasteiger partial charge in [-0.3, -0.25) is 4.79 Å². The number of piperazine rings is 1. The number of anilines is 1. The van der Waals surface area contributed by atoms with Crippen molar-refractivity contribution in [2.75, 3.05) is 44.7 Å². The molecule has 1 aromatic heterocycles. The van der Waals surface area contributed by atoms with E-state index in [1.165, 1.54) is 0 Å². The molecule has 6 nitrogen and oxygen atoms in total. The Hall–Kier alpha value is -1.66. The minimum absolute atomic E-state index is 0.0616. The van der Waals surface area contributed by atoms with Gasteiger partial charge in [0, 0.05) is 50.5 Å². The van der Waals surface area contributed by atoms with Crippen LogP contribution in [-0.2, 0) is 0 Å². The summed E-state index contributed by atoms with van der Waals surface area (Å²) in [5.74, 6) is 0.816. The average Bonchev–Trinajstić information content (AvgIpc) is 2.47. The number of pyridine rings is 1. The lowest BCUT2D eigenvalue weighted by Gasteiger charge is -2.33. The number of nitrogens with two attached hydrogens (primary N) is 1. The van der Waals surface area contributed by atoms with Crippen molar-refractivity contribution in [3.8, 4) is 0 Å². The molecule has 1 unspecified atom stereocenters. The lowest BCUT2D eigenvalue weighted by atomic mass is 10.2. The van der Waals surface area contributed by atoms with E-state index in [0.717, 1.165) is 38.4 Å². The number of hydrogen-bond donors (Lipinski definition) is 2. The lowest BCUT2D eigenvalue weighted by Crippen LogP contribution is -2.44. The summed E-state index contributed by atoms with van der Waals surface area (Å²) >= 11 is 0. The van der Waals surface area contributed by atoms with Crippen LogP contribution >= 0.6 is 0 Å². The number of carbonyl (C=O) groups excluding carboxylic acids is 1. The van der Waals surface area contributed by atoms with Gasteiger partial charge in [-0.05, 0) is 32.5 Å². The van der Waals surface area contributed by atoms with Crippen LogP contribution in [0.5, 0.6) is 0 Å². The lowest BCUT2D eigenvalue weighted by molar-refractivity contribution is 0.0952. The van der Waals surface area contributed by atoms with Crippen molar-refractivity contribution in [3.05, 3.63) is 23.9 Å². The van der Waals surface area contributed by atoms with Gasteiger partial charge in [-0.2, -0.15) is 0 Å². The van der Waals surface area contributed by atoms with Gasteiger partial charge >= 0.3 is 0 Å². The Labute approximate surface area is 126 Å². The highest BCUT2D eigenvalue weighted by molar-refractivity contribution is 5.94. The smallest absolute Gasteiger partial charge is 0.251 e. The standard InChI is InChI=1S/C15H25N5O/c1-12(16)3-5-18-15(21)13-4-6-17-14(11-13)20-9-7-19(2)8-10-20/h4,6,11-12H,3,5,7-10,16H2,1-2H3,(H,18,21). The van der Waals surface area contributed by atoms with Crippen molar-refractivity contribution in [1.29, 1.82) is 0 Å².